The van der Waals surface area contributed by atoms with Crippen LogP contribution in [0.4, 0.5) is 0 Å². The highest BCUT2D eigenvalue weighted by molar-refractivity contribution is 7.89. The largest absolute Gasteiger partial charge is 0.457 e. The number of rotatable bonds is 7. The van der Waals surface area contributed by atoms with Crippen molar-refractivity contribution in [2.45, 2.75) is 30.2 Å². The second-order valence-electron chi connectivity index (χ2n) is 7.01. The molecule has 0 unspecified atom stereocenters. The zero-order valence-electron chi connectivity index (χ0n) is 15.9. The van der Waals surface area contributed by atoms with E-state index in [1.54, 1.807) is 12.1 Å². The molecule has 0 saturated carbocycles. The Balaban J connectivity index is 1.65. The molecule has 0 spiro atoms. The maximum Gasteiger partial charge on any atom is 0.289 e. The standard InChI is InChI=1S/C20H25N3O5S/c21-19(14-15-10-12-22-13-11-15)20(24)23(25)29(26,27)18-8-6-17(7-9-18)28-16-4-2-1-3-5-16/h1-9,15,19,22,25H,10-14,21H2/t19-/m0/s1. The Kier molecular flexibility index (Phi) is 6.86. The minimum absolute atomic E-state index is 0.223. The Morgan fingerprint density at radius 2 is 1.69 bits per heavy atom. The van der Waals surface area contributed by atoms with E-state index in [1.165, 1.54) is 24.3 Å². The van der Waals surface area contributed by atoms with Crippen molar-refractivity contribution in [1.29, 1.82) is 0 Å². The fourth-order valence-electron chi connectivity index (χ4n) is 3.24. The van der Waals surface area contributed by atoms with Crippen LogP contribution < -0.4 is 15.8 Å². The Morgan fingerprint density at radius 1 is 1.10 bits per heavy atom. The molecule has 1 aliphatic heterocycles. The average molecular weight is 420 g/mol. The minimum atomic E-state index is -4.42. The van der Waals surface area contributed by atoms with Crippen molar-refractivity contribution in [1.82, 2.24) is 9.79 Å². The van der Waals surface area contributed by atoms with E-state index in [2.05, 4.69) is 5.32 Å². The van der Waals surface area contributed by atoms with Gasteiger partial charge in [-0.05, 0) is 74.7 Å². The Hall–Kier alpha value is -2.46. The summed E-state index contributed by atoms with van der Waals surface area (Å²) in [5.41, 5.74) is 5.88. The molecule has 29 heavy (non-hydrogen) atoms. The first kappa shape index (κ1) is 21.3. The molecule has 1 heterocycles. The van der Waals surface area contributed by atoms with Gasteiger partial charge in [-0.2, -0.15) is 8.42 Å². The van der Waals surface area contributed by atoms with Gasteiger partial charge in [-0.3, -0.25) is 10.0 Å². The first-order valence-corrected chi connectivity index (χ1v) is 10.9. The van der Waals surface area contributed by atoms with Crippen molar-refractivity contribution < 1.29 is 23.2 Å². The second-order valence-corrected chi connectivity index (χ2v) is 8.78. The van der Waals surface area contributed by atoms with Gasteiger partial charge in [0, 0.05) is 0 Å². The van der Waals surface area contributed by atoms with Gasteiger partial charge in [0.25, 0.3) is 15.9 Å². The van der Waals surface area contributed by atoms with Crippen LogP contribution in [0, 0.1) is 5.92 Å². The lowest BCUT2D eigenvalue weighted by Gasteiger charge is -2.26. The van der Waals surface area contributed by atoms with E-state index in [4.69, 9.17) is 10.5 Å². The van der Waals surface area contributed by atoms with E-state index < -0.39 is 22.0 Å². The Labute approximate surface area is 170 Å². The van der Waals surface area contributed by atoms with Crippen molar-refractivity contribution in [2.24, 2.45) is 11.7 Å². The molecule has 1 saturated heterocycles. The lowest BCUT2D eigenvalue weighted by atomic mass is 9.91. The Morgan fingerprint density at radius 3 is 2.31 bits per heavy atom. The van der Waals surface area contributed by atoms with Gasteiger partial charge >= 0.3 is 0 Å². The highest BCUT2D eigenvalue weighted by Gasteiger charge is 2.33. The number of hydroxylamine groups is 1. The average Bonchev–Trinajstić information content (AvgIpc) is 2.74. The van der Waals surface area contributed by atoms with Crippen LogP contribution in [0.2, 0.25) is 0 Å². The SMILES string of the molecule is N[C@@H](CC1CCNCC1)C(=O)N(O)S(=O)(=O)c1ccc(Oc2ccccc2)cc1. The van der Waals surface area contributed by atoms with Crippen molar-refractivity contribution >= 4 is 15.9 Å². The third-order valence-corrected chi connectivity index (χ3v) is 6.38. The summed E-state index contributed by atoms with van der Waals surface area (Å²) in [5, 5.41) is 13.3. The third kappa shape index (κ3) is 5.33. The minimum Gasteiger partial charge on any atom is -0.457 e. The summed E-state index contributed by atoms with van der Waals surface area (Å²) in [5.74, 6) is 0.216. The molecule has 0 radical (unpaired) electrons. The first-order chi connectivity index (χ1) is 13.9. The van der Waals surface area contributed by atoms with Crippen LogP contribution in [-0.2, 0) is 14.8 Å². The third-order valence-electron chi connectivity index (χ3n) is 4.88. The highest BCUT2D eigenvalue weighted by Crippen LogP contribution is 2.24. The monoisotopic (exact) mass is 419 g/mol. The quantitative estimate of drug-likeness (QED) is 0.464. The summed E-state index contributed by atoms with van der Waals surface area (Å²) in [4.78, 5) is 12.1. The van der Waals surface area contributed by atoms with Gasteiger partial charge in [-0.25, -0.2) is 0 Å². The zero-order valence-corrected chi connectivity index (χ0v) is 16.7. The predicted molar refractivity (Wildman–Crippen MR) is 107 cm³/mol. The number of sulfonamides is 1. The number of para-hydroxylation sites is 1. The molecule has 1 atom stereocenters. The van der Waals surface area contributed by atoms with E-state index in [9.17, 15) is 18.4 Å². The van der Waals surface area contributed by atoms with Crippen molar-refractivity contribution in [3.8, 4) is 11.5 Å². The van der Waals surface area contributed by atoms with Gasteiger partial charge < -0.3 is 15.8 Å². The number of nitrogens with two attached hydrogens (primary N) is 1. The molecule has 3 rings (SSSR count). The summed E-state index contributed by atoms with van der Waals surface area (Å²) in [6, 6.07) is 13.4. The number of nitrogens with one attached hydrogen (secondary N) is 1. The molecule has 2 aromatic rings. The van der Waals surface area contributed by atoms with Gasteiger partial charge in [0.1, 0.15) is 11.5 Å². The molecule has 0 bridgehead atoms. The van der Waals surface area contributed by atoms with Crippen LogP contribution in [0.3, 0.4) is 0 Å². The molecule has 8 nitrogen and oxygen atoms in total. The summed E-state index contributed by atoms with van der Waals surface area (Å²) in [7, 11) is -4.42. The van der Waals surface area contributed by atoms with Crippen LogP contribution in [-0.4, -0.2) is 43.1 Å². The topological polar surface area (TPSA) is 122 Å². The summed E-state index contributed by atoms with van der Waals surface area (Å²) < 4.78 is 30.5. The maximum absolute atomic E-state index is 12.6. The van der Waals surface area contributed by atoms with E-state index in [0.29, 0.717) is 17.9 Å². The van der Waals surface area contributed by atoms with Gasteiger partial charge in [-0.15, -0.1) is 4.47 Å². The first-order valence-electron chi connectivity index (χ1n) is 9.45. The summed E-state index contributed by atoms with van der Waals surface area (Å²) in [6.07, 6.45) is 2.06. The number of hydrogen-bond donors (Lipinski definition) is 3. The molecular weight excluding hydrogens is 394 g/mol. The van der Waals surface area contributed by atoms with Crippen molar-refractivity contribution in [3.05, 3.63) is 54.6 Å². The summed E-state index contributed by atoms with van der Waals surface area (Å²) >= 11 is 0. The van der Waals surface area contributed by atoms with Crippen molar-refractivity contribution in [3.63, 3.8) is 0 Å². The molecule has 4 N–H and O–H groups in total. The number of hydrogen-bond acceptors (Lipinski definition) is 7. The van der Waals surface area contributed by atoms with E-state index >= 15 is 0 Å². The molecule has 156 valence electrons. The molecule has 1 fully saturated rings. The van der Waals surface area contributed by atoms with E-state index in [-0.39, 0.29) is 15.3 Å². The number of nitrogens with zero attached hydrogens (tertiary/aromatic N) is 1. The second kappa shape index (κ2) is 9.36. The smallest absolute Gasteiger partial charge is 0.289 e. The number of benzene rings is 2. The highest BCUT2D eigenvalue weighted by atomic mass is 32.2. The zero-order chi connectivity index (χ0) is 20.9. The number of ether oxygens (including phenoxy) is 1. The lowest BCUT2D eigenvalue weighted by molar-refractivity contribution is -0.148. The molecule has 1 aliphatic rings. The van der Waals surface area contributed by atoms with Crippen LogP contribution in [0.1, 0.15) is 19.3 Å². The van der Waals surface area contributed by atoms with Crippen LogP contribution >= 0.6 is 0 Å². The number of carbonyl (C=O) groups is 1. The van der Waals surface area contributed by atoms with Crippen molar-refractivity contribution in [2.75, 3.05) is 13.1 Å². The molecular formula is C20H25N3O5S. The number of amides is 1. The molecule has 9 heteroatoms. The summed E-state index contributed by atoms with van der Waals surface area (Å²) in [6.45, 7) is 1.67. The molecule has 0 aromatic heterocycles. The van der Waals surface area contributed by atoms with Gasteiger partial charge in [0.2, 0.25) is 0 Å². The molecule has 2 aromatic carbocycles. The van der Waals surface area contributed by atoms with Crippen LogP contribution in [0.25, 0.3) is 0 Å². The van der Waals surface area contributed by atoms with Gasteiger partial charge in [0.05, 0.1) is 10.9 Å². The van der Waals surface area contributed by atoms with Gasteiger partial charge in [0.15, 0.2) is 0 Å². The fourth-order valence-corrected chi connectivity index (χ4v) is 4.29. The van der Waals surface area contributed by atoms with E-state index in [1.807, 2.05) is 18.2 Å². The van der Waals surface area contributed by atoms with Crippen LogP contribution in [0.15, 0.2) is 59.5 Å². The normalized spacial score (nSPS) is 16.2. The maximum atomic E-state index is 12.6. The van der Waals surface area contributed by atoms with Gasteiger partial charge in [-0.1, -0.05) is 18.2 Å². The number of piperidine rings is 1. The molecule has 1 amide bonds. The Bertz CT molecular complexity index is 913. The van der Waals surface area contributed by atoms with E-state index in [0.717, 1.165) is 25.9 Å². The predicted octanol–water partition coefficient (Wildman–Crippen LogP) is 2.10. The van der Waals surface area contributed by atoms with Crippen LogP contribution in [0.5, 0.6) is 11.5 Å². The fraction of sp³-hybridized carbons (Fsp3) is 0.350. The molecule has 0 aliphatic carbocycles. The number of carbonyl (C=O) groups excluding carboxylic acids is 1. The lowest BCUT2D eigenvalue weighted by Crippen LogP contribution is -2.46.